The van der Waals surface area contributed by atoms with Crippen LogP contribution in [0.5, 0.6) is 0 Å². The van der Waals surface area contributed by atoms with E-state index in [1.807, 2.05) is 0 Å². The molecule has 8 nitrogen and oxygen atoms in total. The van der Waals surface area contributed by atoms with Crippen molar-refractivity contribution in [2.24, 2.45) is 0 Å². The molecule has 0 aliphatic carbocycles. The molecule has 0 aromatic rings. The van der Waals surface area contributed by atoms with Crippen molar-refractivity contribution < 1.29 is 20.2 Å². The number of nitrogens with zero attached hydrogens (tertiary/aromatic N) is 2. The quantitative estimate of drug-likeness (QED) is 0.386. The lowest BCUT2D eigenvalue weighted by molar-refractivity contribution is -0.749. The van der Waals surface area contributed by atoms with E-state index in [0.717, 1.165) is 7.11 Å². The van der Waals surface area contributed by atoms with Crippen molar-refractivity contribution in [1.82, 2.24) is 0 Å². The van der Waals surface area contributed by atoms with Crippen LogP contribution in [0, 0.1) is 20.2 Å². The Morgan fingerprint density at radius 2 is 1.56 bits per heavy atom. The van der Waals surface area contributed by atoms with E-state index in [9.17, 15) is 0 Å². The van der Waals surface area contributed by atoms with Crippen molar-refractivity contribution in [3.8, 4) is 0 Å². The fourth-order valence-electron chi connectivity index (χ4n) is 0. The van der Waals surface area contributed by atoms with E-state index in [-0.39, 0.29) is 0 Å². The molecule has 54 valence electrons. The number of hydrogen-bond donors (Lipinski definition) is 1. The smallest absolute Gasteiger partial charge is 0.294 e. The first-order valence-electron chi connectivity index (χ1n) is 1.52. The van der Waals surface area contributed by atoms with Crippen molar-refractivity contribution in [3.05, 3.63) is 20.2 Å². The van der Waals surface area contributed by atoms with Gasteiger partial charge in [-0.1, -0.05) is 0 Å². The number of hydrogen-bond acceptors (Lipinski definition) is 5. The van der Waals surface area contributed by atoms with Crippen molar-refractivity contribution in [3.63, 3.8) is 0 Å². The Morgan fingerprint density at radius 1 is 1.44 bits per heavy atom. The molecule has 0 atom stereocenters. The maximum Gasteiger partial charge on any atom is 0.294 e. The van der Waals surface area contributed by atoms with E-state index in [1.54, 1.807) is 0 Å². The topological polar surface area (TPSA) is 116 Å². The summed E-state index contributed by atoms with van der Waals surface area (Å²) in [4.78, 5) is 20.8. The van der Waals surface area contributed by atoms with Crippen molar-refractivity contribution in [2.75, 3.05) is 7.11 Å². The Hall–Kier alpha value is -1.60. The van der Waals surface area contributed by atoms with E-state index in [2.05, 4.69) is 4.84 Å². The van der Waals surface area contributed by atoms with Gasteiger partial charge >= 0.3 is 0 Å². The molecule has 0 heterocycles. The van der Waals surface area contributed by atoms with Crippen molar-refractivity contribution in [1.29, 1.82) is 0 Å². The van der Waals surface area contributed by atoms with Crippen LogP contribution in [0.2, 0.25) is 0 Å². The van der Waals surface area contributed by atoms with E-state index < -0.39 is 10.2 Å². The van der Waals surface area contributed by atoms with E-state index in [4.69, 9.17) is 25.4 Å². The van der Waals surface area contributed by atoms with Gasteiger partial charge in [0.1, 0.15) is 0 Å². The van der Waals surface area contributed by atoms with Crippen LogP contribution in [0.1, 0.15) is 0 Å². The van der Waals surface area contributed by atoms with Crippen molar-refractivity contribution in [2.45, 2.75) is 0 Å². The van der Waals surface area contributed by atoms with Crippen LogP contribution < -0.4 is 0 Å². The first-order chi connectivity index (χ1) is 4.00. The highest BCUT2D eigenvalue weighted by molar-refractivity contribution is 3.86. The first kappa shape index (κ1) is 10.4. The van der Waals surface area contributed by atoms with Gasteiger partial charge in [0.2, 0.25) is 0 Å². The SMILES string of the molecule is CO[N+](=O)[O-].O=[N+]([O-])O. The Kier molecular flexibility index (Phi) is 7.39. The van der Waals surface area contributed by atoms with Crippen LogP contribution in [0.3, 0.4) is 0 Å². The molecular weight excluding hydrogens is 136 g/mol. The summed E-state index contributed by atoms with van der Waals surface area (Å²) in [5.74, 6) is 0. The van der Waals surface area contributed by atoms with E-state index in [0.29, 0.717) is 0 Å². The highest BCUT2D eigenvalue weighted by Crippen LogP contribution is 1.57. The molecule has 0 bridgehead atoms. The molecular formula is CH4N2O6. The third-order valence-corrected chi connectivity index (χ3v) is 0.149. The first-order valence-corrected chi connectivity index (χ1v) is 1.52. The molecule has 0 aliphatic heterocycles. The van der Waals surface area contributed by atoms with E-state index in [1.165, 1.54) is 0 Å². The lowest BCUT2D eigenvalue weighted by atomic mass is 11.7. The van der Waals surface area contributed by atoms with Gasteiger partial charge in [0, 0.05) is 0 Å². The predicted octanol–water partition coefficient (Wildman–Crippen LogP) is -0.523. The molecule has 0 radical (unpaired) electrons. The zero-order chi connectivity index (χ0) is 7.86. The maximum absolute atomic E-state index is 8.95. The van der Waals surface area contributed by atoms with Gasteiger partial charge in [0.15, 0.2) is 0 Å². The summed E-state index contributed by atoms with van der Waals surface area (Å²) in [6.45, 7) is 0. The van der Waals surface area contributed by atoms with Crippen LogP contribution in [0.4, 0.5) is 0 Å². The molecule has 0 aromatic carbocycles. The summed E-state index contributed by atoms with van der Waals surface area (Å²) in [6.07, 6.45) is 0. The molecule has 0 fully saturated rings. The molecule has 9 heavy (non-hydrogen) atoms. The van der Waals surface area contributed by atoms with Gasteiger partial charge in [-0.25, -0.2) is 0 Å². The minimum atomic E-state index is -1.50. The van der Waals surface area contributed by atoms with Crippen LogP contribution in [-0.4, -0.2) is 22.5 Å². The fraction of sp³-hybridized carbons (Fsp3) is 1.00. The summed E-state index contributed by atoms with van der Waals surface area (Å²) in [5, 5.41) is 21.7. The van der Waals surface area contributed by atoms with Gasteiger partial charge in [0.05, 0.1) is 7.11 Å². The Morgan fingerprint density at radius 3 is 1.56 bits per heavy atom. The van der Waals surface area contributed by atoms with Gasteiger partial charge in [-0.05, 0) is 0 Å². The molecule has 0 saturated carbocycles. The van der Waals surface area contributed by atoms with Gasteiger partial charge in [-0.2, -0.15) is 0 Å². The average molecular weight is 140 g/mol. The second-order valence-corrected chi connectivity index (χ2v) is 0.644. The summed E-state index contributed by atoms with van der Waals surface area (Å²) >= 11 is 0. The molecule has 0 aliphatic rings. The van der Waals surface area contributed by atoms with Gasteiger partial charge in [0.25, 0.3) is 10.2 Å². The molecule has 0 amide bonds. The lowest BCUT2D eigenvalue weighted by Gasteiger charge is -1.75. The van der Waals surface area contributed by atoms with Crippen LogP contribution in [0.15, 0.2) is 0 Å². The predicted molar refractivity (Wildman–Crippen MR) is 22.8 cm³/mol. The molecule has 0 aromatic heterocycles. The number of rotatable bonds is 1. The highest BCUT2D eigenvalue weighted by atomic mass is 16.9. The van der Waals surface area contributed by atoms with Crippen LogP contribution in [0.25, 0.3) is 0 Å². The Labute approximate surface area is 48.9 Å². The minimum Gasteiger partial charge on any atom is -0.328 e. The zero-order valence-electron chi connectivity index (χ0n) is 4.38. The lowest BCUT2D eigenvalue weighted by Crippen LogP contribution is -1.91. The van der Waals surface area contributed by atoms with Gasteiger partial charge in [-0.3, -0.25) is 0 Å². The molecule has 8 heteroatoms. The molecule has 0 unspecified atom stereocenters. The van der Waals surface area contributed by atoms with Crippen molar-refractivity contribution >= 4 is 0 Å². The van der Waals surface area contributed by atoms with Gasteiger partial charge in [-0.15, -0.1) is 20.2 Å². The van der Waals surface area contributed by atoms with E-state index >= 15 is 0 Å². The normalized spacial score (nSPS) is 6.33. The summed E-state index contributed by atoms with van der Waals surface area (Å²) in [6, 6.07) is 0. The van der Waals surface area contributed by atoms with Gasteiger partial charge < -0.3 is 10.0 Å². The Bertz CT molecular complexity index is 95.2. The molecule has 0 spiro atoms. The second kappa shape index (κ2) is 6.40. The summed E-state index contributed by atoms with van der Waals surface area (Å²) < 4.78 is 0. The molecule has 0 saturated heterocycles. The maximum atomic E-state index is 8.95. The minimum absolute atomic E-state index is 0.875. The monoisotopic (exact) mass is 140 g/mol. The third-order valence-electron chi connectivity index (χ3n) is 0.149. The fourth-order valence-corrected chi connectivity index (χ4v) is 0. The summed E-state index contributed by atoms with van der Waals surface area (Å²) in [5.41, 5.74) is 0. The standard InChI is InChI=1S/CH3NO3.HNO3/c1-5-2(3)4;2-1(3)4/h1H3;(H,2,3,4). The highest BCUT2D eigenvalue weighted by Gasteiger charge is 1.77. The largest absolute Gasteiger partial charge is 0.328 e. The zero-order valence-corrected chi connectivity index (χ0v) is 4.38. The van der Waals surface area contributed by atoms with Crippen LogP contribution >= 0.6 is 0 Å². The van der Waals surface area contributed by atoms with Crippen LogP contribution in [-0.2, 0) is 4.84 Å². The molecule has 0 rings (SSSR count). The third kappa shape index (κ3) is 774. The Balaban J connectivity index is 0. The average Bonchev–Trinajstić information content (AvgIpc) is 1.65. The molecule has 1 N–H and O–H groups in total. The summed E-state index contributed by atoms with van der Waals surface area (Å²) in [7, 11) is 1.00. The second-order valence-electron chi connectivity index (χ2n) is 0.644.